The van der Waals surface area contributed by atoms with Crippen LogP contribution < -0.4 is 4.90 Å². The predicted octanol–water partition coefficient (Wildman–Crippen LogP) is 3.79. The summed E-state index contributed by atoms with van der Waals surface area (Å²) in [6.45, 7) is 9.83. The van der Waals surface area contributed by atoms with Gasteiger partial charge in [0.1, 0.15) is 0 Å². The number of carbonyl (C=O) groups is 2. The van der Waals surface area contributed by atoms with Crippen LogP contribution in [0.2, 0.25) is 0 Å². The Morgan fingerprint density at radius 2 is 1.84 bits per heavy atom. The number of fused-ring (bicyclic) bond motifs is 1. The summed E-state index contributed by atoms with van der Waals surface area (Å²) in [5, 5.41) is 0. The van der Waals surface area contributed by atoms with E-state index in [2.05, 4.69) is 24.8 Å². The minimum atomic E-state index is -0.554. The molecule has 0 N–H and O–H groups in total. The van der Waals surface area contributed by atoms with Crippen molar-refractivity contribution >= 4 is 17.7 Å². The molecule has 0 unspecified atom stereocenters. The monoisotopic (exact) mass is 346 g/mol. The second-order valence-corrected chi connectivity index (χ2v) is 6.53. The number of ether oxygens (including phenoxy) is 1. The van der Waals surface area contributed by atoms with E-state index in [-0.39, 0.29) is 12.3 Å². The zero-order valence-electron chi connectivity index (χ0n) is 15.7. The van der Waals surface area contributed by atoms with E-state index >= 15 is 0 Å². The maximum absolute atomic E-state index is 12.3. The number of rotatable bonds is 9. The van der Waals surface area contributed by atoms with Gasteiger partial charge >= 0.3 is 6.09 Å². The molecule has 0 fully saturated rings. The molecule has 0 atom stereocenters. The standard InChI is InChI=1S/C20H30N2O3/c1-4-11-21(12-5-2)13-10-16-8-7-9-18-17(16)15-19(23)22(18)20(24)25-14-6-3/h7-9H,4-6,10-15H2,1-3H3. The number of imide groups is 1. The van der Waals surface area contributed by atoms with Crippen LogP contribution in [0, 0.1) is 0 Å². The largest absolute Gasteiger partial charge is 0.449 e. The Morgan fingerprint density at radius 3 is 2.48 bits per heavy atom. The van der Waals surface area contributed by atoms with Crippen molar-refractivity contribution in [2.24, 2.45) is 0 Å². The lowest BCUT2D eigenvalue weighted by Gasteiger charge is -2.21. The van der Waals surface area contributed by atoms with Gasteiger partial charge in [-0.05, 0) is 56.0 Å². The van der Waals surface area contributed by atoms with Crippen LogP contribution in [0.15, 0.2) is 18.2 Å². The summed E-state index contributed by atoms with van der Waals surface area (Å²) < 4.78 is 5.16. The number of hydrogen-bond acceptors (Lipinski definition) is 4. The van der Waals surface area contributed by atoms with E-state index in [0.29, 0.717) is 12.3 Å². The summed E-state index contributed by atoms with van der Waals surface area (Å²) in [6, 6.07) is 5.84. The molecule has 0 bridgehead atoms. The second-order valence-electron chi connectivity index (χ2n) is 6.53. The quantitative estimate of drug-likeness (QED) is 0.683. The van der Waals surface area contributed by atoms with Gasteiger partial charge in [-0.1, -0.05) is 32.9 Å². The van der Waals surface area contributed by atoms with Crippen molar-refractivity contribution in [3.05, 3.63) is 29.3 Å². The summed E-state index contributed by atoms with van der Waals surface area (Å²) in [5.41, 5.74) is 2.84. The first-order chi connectivity index (χ1) is 12.1. The van der Waals surface area contributed by atoms with Crippen LogP contribution in [0.3, 0.4) is 0 Å². The van der Waals surface area contributed by atoms with Crippen LogP contribution in [-0.4, -0.2) is 43.1 Å². The average Bonchev–Trinajstić information content (AvgIpc) is 2.94. The first-order valence-corrected chi connectivity index (χ1v) is 9.45. The Morgan fingerprint density at radius 1 is 1.12 bits per heavy atom. The van der Waals surface area contributed by atoms with E-state index in [1.54, 1.807) is 0 Å². The molecule has 0 saturated carbocycles. The lowest BCUT2D eigenvalue weighted by molar-refractivity contribution is -0.117. The van der Waals surface area contributed by atoms with Gasteiger partial charge in [0, 0.05) is 6.54 Å². The van der Waals surface area contributed by atoms with Gasteiger partial charge in [-0.15, -0.1) is 0 Å². The highest BCUT2D eigenvalue weighted by molar-refractivity contribution is 6.17. The molecule has 5 nitrogen and oxygen atoms in total. The van der Waals surface area contributed by atoms with Crippen LogP contribution in [0.25, 0.3) is 0 Å². The summed E-state index contributed by atoms with van der Waals surface area (Å²) >= 11 is 0. The molecule has 1 aromatic carbocycles. The van der Waals surface area contributed by atoms with Crippen LogP contribution in [-0.2, 0) is 22.4 Å². The maximum atomic E-state index is 12.3. The molecule has 0 spiro atoms. The van der Waals surface area contributed by atoms with Crippen molar-refractivity contribution in [2.75, 3.05) is 31.1 Å². The fourth-order valence-corrected chi connectivity index (χ4v) is 3.33. The predicted molar refractivity (Wildman–Crippen MR) is 100.0 cm³/mol. The SMILES string of the molecule is CCCOC(=O)N1C(=O)Cc2c(CCN(CCC)CCC)cccc21. The summed E-state index contributed by atoms with van der Waals surface area (Å²) in [7, 11) is 0. The molecular weight excluding hydrogens is 316 g/mol. The van der Waals surface area contributed by atoms with Gasteiger partial charge in [0.05, 0.1) is 18.7 Å². The van der Waals surface area contributed by atoms with Gasteiger partial charge in [0.15, 0.2) is 0 Å². The number of hydrogen-bond donors (Lipinski definition) is 0. The lowest BCUT2D eigenvalue weighted by atomic mass is 10.0. The molecule has 138 valence electrons. The molecule has 1 aliphatic rings. The van der Waals surface area contributed by atoms with Gasteiger partial charge in [-0.2, -0.15) is 0 Å². The Bertz CT molecular complexity index is 595. The number of amides is 2. The molecule has 5 heteroatoms. The Kier molecular flexibility index (Phi) is 7.44. The molecule has 2 amide bonds. The molecule has 0 aromatic heterocycles. The topological polar surface area (TPSA) is 49.9 Å². The minimum Gasteiger partial charge on any atom is -0.449 e. The number of benzene rings is 1. The van der Waals surface area contributed by atoms with Gasteiger partial charge in [-0.25, -0.2) is 9.69 Å². The summed E-state index contributed by atoms with van der Waals surface area (Å²) in [4.78, 5) is 28.2. The smallest absolute Gasteiger partial charge is 0.421 e. The molecule has 0 saturated heterocycles. The minimum absolute atomic E-state index is 0.192. The first-order valence-electron chi connectivity index (χ1n) is 9.45. The molecule has 0 aliphatic carbocycles. The molecule has 1 aliphatic heterocycles. The van der Waals surface area contributed by atoms with Crippen molar-refractivity contribution in [1.82, 2.24) is 4.90 Å². The van der Waals surface area contributed by atoms with Crippen LogP contribution in [0.1, 0.15) is 51.2 Å². The highest BCUT2D eigenvalue weighted by Crippen LogP contribution is 2.32. The van der Waals surface area contributed by atoms with Crippen molar-refractivity contribution < 1.29 is 14.3 Å². The van der Waals surface area contributed by atoms with E-state index < -0.39 is 6.09 Å². The highest BCUT2D eigenvalue weighted by Gasteiger charge is 2.34. The Labute approximate surface area is 150 Å². The summed E-state index contributed by atoms with van der Waals surface area (Å²) in [6.07, 6.45) is 3.65. The fraction of sp³-hybridized carbons (Fsp3) is 0.600. The molecule has 0 radical (unpaired) electrons. The Balaban J connectivity index is 2.12. The molecule has 1 heterocycles. The third-order valence-corrected chi connectivity index (χ3v) is 4.46. The highest BCUT2D eigenvalue weighted by atomic mass is 16.6. The second kappa shape index (κ2) is 9.56. The molecule has 2 rings (SSSR count). The average molecular weight is 346 g/mol. The third-order valence-electron chi connectivity index (χ3n) is 4.46. The van der Waals surface area contributed by atoms with Crippen molar-refractivity contribution in [3.63, 3.8) is 0 Å². The normalized spacial score (nSPS) is 13.4. The zero-order chi connectivity index (χ0) is 18.2. The lowest BCUT2D eigenvalue weighted by Crippen LogP contribution is -2.34. The van der Waals surface area contributed by atoms with E-state index in [0.717, 1.165) is 56.4 Å². The summed E-state index contributed by atoms with van der Waals surface area (Å²) in [5.74, 6) is -0.192. The molecule has 1 aromatic rings. The van der Waals surface area contributed by atoms with Crippen molar-refractivity contribution in [1.29, 1.82) is 0 Å². The molecule has 25 heavy (non-hydrogen) atoms. The van der Waals surface area contributed by atoms with Crippen LogP contribution in [0.4, 0.5) is 10.5 Å². The van der Waals surface area contributed by atoms with E-state index in [1.807, 2.05) is 19.1 Å². The van der Waals surface area contributed by atoms with E-state index in [9.17, 15) is 9.59 Å². The number of nitrogens with zero attached hydrogens (tertiary/aromatic N) is 2. The van der Waals surface area contributed by atoms with Gasteiger partial charge in [-0.3, -0.25) is 4.79 Å². The van der Waals surface area contributed by atoms with Crippen molar-refractivity contribution in [3.8, 4) is 0 Å². The maximum Gasteiger partial charge on any atom is 0.421 e. The number of anilines is 1. The van der Waals surface area contributed by atoms with Crippen molar-refractivity contribution in [2.45, 2.75) is 52.9 Å². The number of carbonyl (C=O) groups excluding carboxylic acids is 2. The van der Waals surface area contributed by atoms with Crippen LogP contribution >= 0.6 is 0 Å². The fourth-order valence-electron chi connectivity index (χ4n) is 3.33. The van der Waals surface area contributed by atoms with E-state index in [4.69, 9.17) is 4.74 Å². The first kappa shape index (κ1) is 19.4. The van der Waals surface area contributed by atoms with E-state index in [1.165, 1.54) is 4.90 Å². The van der Waals surface area contributed by atoms with Crippen LogP contribution in [0.5, 0.6) is 0 Å². The van der Waals surface area contributed by atoms with Gasteiger partial charge in [0.25, 0.3) is 0 Å². The third kappa shape index (κ3) is 4.82. The zero-order valence-corrected chi connectivity index (χ0v) is 15.7. The van der Waals surface area contributed by atoms with Gasteiger partial charge < -0.3 is 9.64 Å². The van der Waals surface area contributed by atoms with Gasteiger partial charge in [0.2, 0.25) is 5.91 Å². The Hall–Kier alpha value is -1.88. The molecular formula is C20H30N2O3.